The summed E-state index contributed by atoms with van der Waals surface area (Å²) in [6.07, 6.45) is 5.62. The summed E-state index contributed by atoms with van der Waals surface area (Å²) in [5, 5.41) is 3.58. The van der Waals surface area contributed by atoms with Crippen molar-refractivity contribution in [3.63, 3.8) is 0 Å². The Hall–Kier alpha value is -0.0800. The molecule has 2 heteroatoms. The Bertz CT molecular complexity index is 164. The smallest absolute Gasteiger partial charge is 0.0576 e. The predicted octanol–water partition coefficient (Wildman–Crippen LogP) is 2.97. The van der Waals surface area contributed by atoms with Crippen molar-refractivity contribution in [3.8, 4) is 0 Å². The number of hydrogen-bond donors (Lipinski definition) is 1. The van der Waals surface area contributed by atoms with Gasteiger partial charge in [0.15, 0.2) is 0 Å². The summed E-state index contributed by atoms with van der Waals surface area (Å²) in [4.78, 5) is 0. The Balaban J connectivity index is 2.13. The van der Waals surface area contributed by atoms with Gasteiger partial charge in [-0.15, -0.1) is 0 Å². The molecule has 0 amide bonds. The SMILES string of the molecule is CC(C)NC(C)C(C)CCC1CCCO1. The summed E-state index contributed by atoms with van der Waals surface area (Å²) in [7, 11) is 0. The highest BCUT2D eigenvalue weighted by molar-refractivity contribution is 4.73. The molecule has 1 aliphatic rings. The molecule has 0 aromatic rings. The van der Waals surface area contributed by atoms with E-state index in [9.17, 15) is 0 Å². The van der Waals surface area contributed by atoms with Crippen molar-refractivity contribution < 1.29 is 4.74 Å². The van der Waals surface area contributed by atoms with Crippen molar-refractivity contribution in [2.75, 3.05) is 6.61 Å². The maximum absolute atomic E-state index is 5.64. The normalized spacial score (nSPS) is 25.8. The molecule has 0 spiro atoms. The molecule has 0 saturated carbocycles. The average Bonchev–Trinajstić information content (AvgIpc) is 2.65. The molecule has 1 N–H and O–H groups in total. The van der Waals surface area contributed by atoms with E-state index in [1.165, 1.54) is 25.7 Å². The highest BCUT2D eigenvalue weighted by atomic mass is 16.5. The van der Waals surface area contributed by atoms with Crippen molar-refractivity contribution in [1.82, 2.24) is 5.32 Å². The van der Waals surface area contributed by atoms with Crippen molar-refractivity contribution in [2.45, 2.75) is 71.6 Å². The van der Waals surface area contributed by atoms with Gasteiger partial charge in [0.25, 0.3) is 0 Å². The maximum Gasteiger partial charge on any atom is 0.0576 e. The number of hydrogen-bond acceptors (Lipinski definition) is 2. The lowest BCUT2D eigenvalue weighted by Gasteiger charge is -2.24. The van der Waals surface area contributed by atoms with Crippen molar-refractivity contribution in [3.05, 3.63) is 0 Å². The van der Waals surface area contributed by atoms with Gasteiger partial charge in [0.1, 0.15) is 0 Å². The minimum Gasteiger partial charge on any atom is -0.378 e. The molecule has 1 heterocycles. The van der Waals surface area contributed by atoms with E-state index in [0.29, 0.717) is 18.2 Å². The molecular weight excluding hydrogens is 186 g/mol. The van der Waals surface area contributed by atoms with Crippen LogP contribution in [0, 0.1) is 5.92 Å². The Labute approximate surface area is 94.8 Å². The Morgan fingerprint density at radius 2 is 2.00 bits per heavy atom. The van der Waals surface area contributed by atoms with E-state index in [-0.39, 0.29) is 0 Å². The van der Waals surface area contributed by atoms with Crippen molar-refractivity contribution in [1.29, 1.82) is 0 Å². The second-order valence-corrected chi connectivity index (χ2v) is 5.30. The van der Waals surface area contributed by atoms with Crippen LogP contribution in [0.1, 0.15) is 53.4 Å². The third-order valence-corrected chi connectivity index (χ3v) is 3.42. The second-order valence-electron chi connectivity index (χ2n) is 5.30. The van der Waals surface area contributed by atoms with E-state index >= 15 is 0 Å². The topological polar surface area (TPSA) is 21.3 Å². The molecule has 1 aliphatic heterocycles. The molecule has 0 radical (unpaired) electrons. The van der Waals surface area contributed by atoms with Gasteiger partial charge < -0.3 is 10.1 Å². The maximum atomic E-state index is 5.64. The zero-order chi connectivity index (χ0) is 11.3. The first-order valence-corrected chi connectivity index (χ1v) is 6.47. The Morgan fingerprint density at radius 3 is 2.53 bits per heavy atom. The standard InChI is InChI=1S/C13H27NO/c1-10(2)14-12(4)11(3)7-8-13-6-5-9-15-13/h10-14H,5-9H2,1-4H3. The molecule has 15 heavy (non-hydrogen) atoms. The summed E-state index contributed by atoms with van der Waals surface area (Å²) in [6.45, 7) is 10.0. The molecule has 0 aliphatic carbocycles. The summed E-state index contributed by atoms with van der Waals surface area (Å²) < 4.78 is 5.64. The van der Waals surface area contributed by atoms with Crippen LogP contribution in [0.25, 0.3) is 0 Å². The van der Waals surface area contributed by atoms with Crippen LogP contribution in [0.5, 0.6) is 0 Å². The third kappa shape index (κ3) is 4.98. The lowest BCUT2D eigenvalue weighted by molar-refractivity contribution is 0.0970. The van der Waals surface area contributed by atoms with Crippen LogP contribution >= 0.6 is 0 Å². The predicted molar refractivity (Wildman–Crippen MR) is 65.1 cm³/mol. The van der Waals surface area contributed by atoms with Gasteiger partial charge in [0, 0.05) is 18.7 Å². The summed E-state index contributed by atoms with van der Waals surface area (Å²) in [5.41, 5.74) is 0. The minimum atomic E-state index is 0.554. The van der Waals surface area contributed by atoms with Gasteiger partial charge in [-0.3, -0.25) is 0 Å². The molecule has 0 aromatic heterocycles. The van der Waals surface area contributed by atoms with Crippen LogP contribution < -0.4 is 5.32 Å². The van der Waals surface area contributed by atoms with Crippen LogP contribution in [0.3, 0.4) is 0 Å². The molecule has 2 nitrogen and oxygen atoms in total. The van der Waals surface area contributed by atoms with Crippen LogP contribution in [0.4, 0.5) is 0 Å². The monoisotopic (exact) mass is 213 g/mol. The number of nitrogens with one attached hydrogen (secondary N) is 1. The molecule has 3 atom stereocenters. The first-order valence-electron chi connectivity index (χ1n) is 6.47. The summed E-state index contributed by atoms with van der Waals surface area (Å²) in [6, 6.07) is 1.21. The first-order chi connectivity index (χ1) is 7.09. The van der Waals surface area contributed by atoms with Crippen LogP contribution in [-0.4, -0.2) is 24.8 Å². The average molecular weight is 213 g/mol. The molecule has 90 valence electrons. The highest BCUT2D eigenvalue weighted by Crippen LogP contribution is 2.20. The lowest BCUT2D eigenvalue weighted by Crippen LogP contribution is -2.37. The van der Waals surface area contributed by atoms with Gasteiger partial charge in [0.2, 0.25) is 0 Å². The fourth-order valence-corrected chi connectivity index (χ4v) is 2.26. The van der Waals surface area contributed by atoms with Crippen molar-refractivity contribution in [2.24, 2.45) is 5.92 Å². The molecule has 1 fully saturated rings. The zero-order valence-electron chi connectivity index (χ0n) is 10.8. The third-order valence-electron chi connectivity index (χ3n) is 3.42. The Kier molecular flexibility index (Phi) is 5.62. The van der Waals surface area contributed by atoms with Gasteiger partial charge in [-0.05, 0) is 38.5 Å². The minimum absolute atomic E-state index is 0.554. The molecule has 0 aromatic carbocycles. The Morgan fingerprint density at radius 1 is 1.27 bits per heavy atom. The second kappa shape index (κ2) is 6.49. The largest absolute Gasteiger partial charge is 0.378 e. The van der Waals surface area contributed by atoms with Gasteiger partial charge in [0.05, 0.1) is 6.10 Å². The van der Waals surface area contributed by atoms with Crippen LogP contribution in [0.2, 0.25) is 0 Å². The molecular formula is C13H27NO. The first kappa shape index (κ1) is 13.0. The van der Waals surface area contributed by atoms with E-state index in [2.05, 4.69) is 33.0 Å². The van der Waals surface area contributed by atoms with Crippen LogP contribution in [-0.2, 0) is 4.74 Å². The molecule has 3 unspecified atom stereocenters. The molecule has 0 bridgehead atoms. The number of rotatable bonds is 6. The quantitative estimate of drug-likeness (QED) is 0.732. The fraction of sp³-hybridized carbons (Fsp3) is 1.00. The zero-order valence-corrected chi connectivity index (χ0v) is 10.8. The van der Waals surface area contributed by atoms with Crippen molar-refractivity contribution >= 4 is 0 Å². The van der Waals surface area contributed by atoms with E-state index in [0.717, 1.165) is 12.5 Å². The fourth-order valence-electron chi connectivity index (χ4n) is 2.26. The van der Waals surface area contributed by atoms with E-state index in [4.69, 9.17) is 4.74 Å². The summed E-state index contributed by atoms with van der Waals surface area (Å²) >= 11 is 0. The molecule has 1 saturated heterocycles. The van der Waals surface area contributed by atoms with E-state index < -0.39 is 0 Å². The van der Waals surface area contributed by atoms with Gasteiger partial charge in [-0.25, -0.2) is 0 Å². The molecule has 1 rings (SSSR count). The van der Waals surface area contributed by atoms with Gasteiger partial charge >= 0.3 is 0 Å². The van der Waals surface area contributed by atoms with E-state index in [1.54, 1.807) is 0 Å². The lowest BCUT2D eigenvalue weighted by atomic mass is 9.95. The number of ether oxygens (including phenoxy) is 1. The summed E-state index contributed by atoms with van der Waals surface area (Å²) in [5.74, 6) is 0.747. The van der Waals surface area contributed by atoms with E-state index in [1.807, 2.05) is 0 Å². The highest BCUT2D eigenvalue weighted by Gasteiger charge is 2.18. The van der Waals surface area contributed by atoms with Crippen LogP contribution in [0.15, 0.2) is 0 Å². The van der Waals surface area contributed by atoms with Gasteiger partial charge in [-0.1, -0.05) is 20.8 Å². The van der Waals surface area contributed by atoms with Gasteiger partial charge in [-0.2, -0.15) is 0 Å².